The van der Waals surface area contributed by atoms with Gasteiger partial charge in [0.25, 0.3) is 0 Å². The molecule has 1 aromatic rings. The van der Waals surface area contributed by atoms with E-state index in [1.54, 1.807) is 18.3 Å². The van der Waals surface area contributed by atoms with Crippen molar-refractivity contribution in [3.63, 3.8) is 0 Å². The van der Waals surface area contributed by atoms with E-state index in [2.05, 4.69) is 4.98 Å². The molecule has 1 fully saturated rings. The van der Waals surface area contributed by atoms with E-state index >= 15 is 0 Å². The second kappa shape index (κ2) is 7.94. The number of methoxy groups -OCH3 is 1. The average molecular weight is 377 g/mol. The van der Waals surface area contributed by atoms with Crippen molar-refractivity contribution in [2.75, 3.05) is 12.9 Å². The van der Waals surface area contributed by atoms with Crippen LogP contribution in [0.3, 0.4) is 0 Å². The third kappa shape index (κ3) is 4.55. The number of carbonyl (C=O) groups excluding carboxylic acids is 2. The Hall–Kier alpha value is -1.64. The monoisotopic (exact) mass is 377 g/mol. The first-order chi connectivity index (χ1) is 12.1. The predicted molar refractivity (Wildman–Crippen MR) is 103 cm³/mol. The number of esters is 1. The minimum atomic E-state index is -0.613. The van der Waals surface area contributed by atoms with Gasteiger partial charge in [0.15, 0.2) is 5.12 Å². The molecule has 140 valence electrons. The molecule has 0 aromatic carbocycles. The number of hydrogen-bond acceptors (Lipinski definition) is 7. The molecule has 0 amide bonds. The molecule has 1 aromatic heterocycles. The second-order valence-corrected chi connectivity index (χ2v) is 8.19. The number of hydrogen-bond donors (Lipinski definition) is 0. The smallest absolute Gasteiger partial charge is 0.465 e. The van der Waals surface area contributed by atoms with Gasteiger partial charge >= 0.3 is 13.1 Å². The van der Waals surface area contributed by atoms with Gasteiger partial charge in [-0.2, -0.15) is 0 Å². The Kier molecular flexibility index (Phi) is 6.31. The number of ether oxygens (including phenoxy) is 1. The van der Waals surface area contributed by atoms with E-state index in [1.807, 2.05) is 27.7 Å². The summed E-state index contributed by atoms with van der Waals surface area (Å²) in [5.41, 5.74) is 0.731. The molecule has 0 aliphatic carbocycles. The highest BCUT2D eigenvalue weighted by molar-refractivity contribution is 8.13. The molecule has 6 nitrogen and oxygen atoms in total. The lowest BCUT2D eigenvalue weighted by molar-refractivity contribution is -0.109. The summed E-state index contributed by atoms with van der Waals surface area (Å²) in [6, 6.07) is 1.59. The van der Waals surface area contributed by atoms with Crippen LogP contribution in [0.4, 0.5) is 0 Å². The molecule has 0 unspecified atom stereocenters. The van der Waals surface area contributed by atoms with E-state index in [0.29, 0.717) is 16.9 Å². The van der Waals surface area contributed by atoms with Crippen molar-refractivity contribution in [2.45, 2.75) is 45.8 Å². The third-order valence-electron chi connectivity index (χ3n) is 4.60. The summed E-state index contributed by atoms with van der Waals surface area (Å²) in [6.07, 6.45) is 4.90. The van der Waals surface area contributed by atoms with Gasteiger partial charge in [0.1, 0.15) is 0 Å². The third-order valence-corrected chi connectivity index (χ3v) is 5.48. The Balaban J connectivity index is 2.42. The van der Waals surface area contributed by atoms with E-state index in [0.717, 1.165) is 17.2 Å². The molecule has 1 aliphatic heterocycles. The zero-order valence-electron chi connectivity index (χ0n) is 16.0. The molecule has 1 saturated heterocycles. The van der Waals surface area contributed by atoms with Gasteiger partial charge in [0.2, 0.25) is 0 Å². The van der Waals surface area contributed by atoms with E-state index in [4.69, 9.17) is 14.0 Å². The van der Waals surface area contributed by atoms with Crippen LogP contribution in [0.2, 0.25) is 0 Å². The number of thioether (sulfide) groups is 1. The van der Waals surface area contributed by atoms with Gasteiger partial charge in [-0.1, -0.05) is 17.8 Å². The Labute approximate surface area is 158 Å². The molecule has 2 heterocycles. The van der Waals surface area contributed by atoms with Gasteiger partial charge < -0.3 is 14.0 Å². The molecule has 8 heteroatoms. The average Bonchev–Trinajstić information content (AvgIpc) is 2.78. The lowest BCUT2D eigenvalue weighted by Gasteiger charge is -2.32. The van der Waals surface area contributed by atoms with Gasteiger partial charge in [0.05, 0.1) is 23.9 Å². The summed E-state index contributed by atoms with van der Waals surface area (Å²) in [5.74, 6) is -0.0621. The van der Waals surface area contributed by atoms with Crippen molar-refractivity contribution in [1.82, 2.24) is 4.98 Å². The van der Waals surface area contributed by atoms with Crippen LogP contribution in [0.25, 0.3) is 6.08 Å². The molecular formula is C18H24BNO5S. The second-order valence-electron chi connectivity index (χ2n) is 7.04. The number of nitrogens with zero attached hydrogens (tertiary/aromatic N) is 1. The Morgan fingerprint density at radius 2 is 1.88 bits per heavy atom. The summed E-state index contributed by atoms with van der Waals surface area (Å²) in [5, 5.41) is -0.00760. The first kappa shape index (κ1) is 20.7. The Morgan fingerprint density at radius 1 is 1.27 bits per heavy atom. The molecule has 0 spiro atoms. The molecule has 1 aliphatic rings. The van der Waals surface area contributed by atoms with Crippen LogP contribution in [0, 0.1) is 0 Å². The number of pyridine rings is 1. The number of carbonyl (C=O) groups is 2. The standard InChI is InChI=1S/C18H24BNO5S/c1-12(21)26-11-14(19-24-17(2,3)18(4,5)25-19)9-13-10-20-8-7-15(13)16(22)23-6/h7-10H,11H2,1-6H3. The largest absolute Gasteiger partial charge is 0.491 e. The van der Waals surface area contributed by atoms with Crippen molar-refractivity contribution in [3.8, 4) is 0 Å². The molecule has 0 radical (unpaired) electrons. The lowest BCUT2D eigenvalue weighted by atomic mass is 9.78. The molecular weight excluding hydrogens is 353 g/mol. The number of aromatic nitrogens is 1. The van der Waals surface area contributed by atoms with Gasteiger partial charge in [-0.05, 0) is 39.2 Å². The summed E-state index contributed by atoms with van der Waals surface area (Å²) in [6.45, 7) is 9.37. The molecule has 0 saturated carbocycles. The van der Waals surface area contributed by atoms with Gasteiger partial charge in [-0.25, -0.2) is 4.79 Å². The van der Waals surface area contributed by atoms with Crippen molar-refractivity contribution in [2.24, 2.45) is 0 Å². The maximum absolute atomic E-state index is 12.0. The van der Waals surface area contributed by atoms with Crippen LogP contribution in [-0.4, -0.2) is 47.3 Å². The van der Waals surface area contributed by atoms with Crippen LogP contribution < -0.4 is 0 Å². The minimum Gasteiger partial charge on any atom is -0.465 e. The highest BCUT2D eigenvalue weighted by Crippen LogP contribution is 2.39. The summed E-state index contributed by atoms with van der Waals surface area (Å²) in [7, 11) is 0.717. The fourth-order valence-electron chi connectivity index (χ4n) is 2.37. The van der Waals surface area contributed by atoms with Crippen LogP contribution in [-0.2, 0) is 18.8 Å². The minimum absolute atomic E-state index is 0.00760. The van der Waals surface area contributed by atoms with Crippen LogP contribution in [0.5, 0.6) is 0 Å². The Bertz CT molecular complexity index is 716. The molecule has 0 atom stereocenters. The fraction of sp³-hybridized carbons (Fsp3) is 0.500. The lowest BCUT2D eigenvalue weighted by Crippen LogP contribution is -2.41. The fourth-order valence-corrected chi connectivity index (χ4v) is 2.96. The van der Waals surface area contributed by atoms with E-state index in [1.165, 1.54) is 20.2 Å². The zero-order chi connectivity index (χ0) is 19.5. The maximum atomic E-state index is 12.0. The quantitative estimate of drug-likeness (QED) is 0.576. The summed E-state index contributed by atoms with van der Waals surface area (Å²) >= 11 is 1.16. The van der Waals surface area contributed by atoms with E-state index in [9.17, 15) is 9.59 Å². The van der Waals surface area contributed by atoms with Crippen molar-refractivity contribution in [1.29, 1.82) is 0 Å². The van der Waals surface area contributed by atoms with E-state index in [-0.39, 0.29) is 5.12 Å². The first-order valence-electron chi connectivity index (χ1n) is 8.29. The topological polar surface area (TPSA) is 74.7 Å². The number of rotatable bonds is 5. The molecule has 2 rings (SSSR count). The molecule has 0 N–H and O–H groups in total. The summed E-state index contributed by atoms with van der Waals surface area (Å²) in [4.78, 5) is 27.6. The van der Waals surface area contributed by atoms with E-state index < -0.39 is 24.3 Å². The molecule has 26 heavy (non-hydrogen) atoms. The van der Waals surface area contributed by atoms with Gasteiger partial charge in [-0.3, -0.25) is 9.78 Å². The molecule has 0 bridgehead atoms. The van der Waals surface area contributed by atoms with Crippen LogP contribution in [0.15, 0.2) is 23.9 Å². The van der Waals surface area contributed by atoms with Crippen LogP contribution in [0.1, 0.15) is 50.5 Å². The van der Waals surface area contributed by atoms with Crippen molar-refractivity contribution in [3.05, 3.63) is 35.1 Å². The van der Waals surface area contributed by atoms with Crippen LogP contribution >= 0.6 is 11.8 Å². The first-order valence-corrected chi connectivity index (χ1v) is 9.28. The predicted octanol–water partition coefficient (Wildman–Crippen LogP) is 3.16. The van der Waals surface area contributed by atoms with Crippen molar-refractivity contribution >= 4 is 36.0 Å². The highest BCUT2D eigenvalue weighted by Gasteiger charge is 2.52. The summed E-state index contributed by atoms with van der Waals surface area (Å²) < 4.78 is 17.0. The normalized spacial score (nSPS) is 18.7. The highest BCUT2D eigenvalue weighted by atomic mass is 32.2. The van der Waals surface area contributed by atoms with Gasteiger partial charge in [-0.15, -0.1) is 0 Å². The SMILES string of the molecule is COC(=O)c1ccncc1C=C(CSC(C)=O)B1OC(C)(C)C(C)(C)O1. The Morgan fingerprint density at radius 3 is 2.42 bits per heavy atom. The maximum Gasteiger partial charge on any atom is 0.491 e. The van der Waals surface area contributed by atoms with Crippen molar-refractivity contribution < 1.29 is 23.6 Å². The zero-order valence-corrected chi connectivity index (χ0v) is 16.8. The van der Waals surface area contributed by atoms with Gasteiger partial charge in [0, 0.05) is 30.6 Å².